The largest absolute Gasteiger partial charge is 0.465 e. The molecule has 2 amide bonds. The van der Waals surface area contributed by atoms with Crippen molar-refractivity contribution in [3.8, 4) is 0 Å². The summed E-state index contributed by atoms with van der Waals surface area (Å²) in [7, 11) is 1.26. The standard InChI is InChI=1S/C21H19ClN2O4/c1-13(25)24-10-9-14-5-3-4-6-16(14)19(24)12-20(26)23-15-7-8-18(22)17(11-15)21(27)28-2/h3-11,19H,12H2,1-2H3,(H,23,26). The Hall–Kier alpha value is -3.12. The fourth-order valence-corrected chi connectivity index (χ4v) is 3.36. The Morgan fingerprint density at radius 2 is 1.93 bits per heavy atom. The van der Waals surface area contributed by atoms with Crippen LogP contribution in [-0.2, 0) is 14.3 Å². The maximum Gasteiger partial charge on any atom is 0.339 e. The molecule has 0 saturated heterocycles. The van der Waals surface area contributed by atoms with Crippen molar-refractivity contribution in [2.24, 2.45) is 0 Å². The van der Waals surface area contributed by atoms with E-state index in [0.29, 0.717) is 5.69 Å². The summed E-state index contributed by atoms with van der Waals surface area (Å²) >= 11 is 6.01. The van der Waals surface area contributed by atoms with E-state index in [9.17, 15) is 14.4 Å². The predicted molar refractivity (Wildman–Crippen MR) is 107 cm³/mol. The number of benzene rings is 2. The third kappa shape index (κ3) is 4.07. The minimum Gasteiger partial charge on any atom is -0.465 e. The highest BCUT2D eigenvalue weighted by Gasteiger charge is 2.28. The number of methoxy groups -OCH3 is 1. The van der Waals surface area contributed by atoms with Gasteiger partial charge in [-0.25, -0.2) is 4.79 Å². The van der Waals surface area contributed by atoms with Gasteiger partial charge >= 0.3 is 5.97 Å². The number of amides is 2. The van der Waals surface area contributed by atoms with Gasteiger partial charge in [-0.15, -0.1) is 0 Å². The van der Waals surface area contributed by atoms with Crippen LogP contribution in [0.1, 0.15) is 40.9 Å². The molecule has 0 spiro atoms. The fraction of sp³-hybridized carbons (Fsp3) is 0.190. The predicted octanol–water partition coefficient (Wildman–Crippen LogP) is 4.03. The second kappa shape index (κ2) is 8.27. The van der Waals surface area contributed by atoms with Crippen molar-refractivity contribution in [2.75, 3.05) is 12.4 Å². The van der Waals surface area contributed by atoms with Crippen LogP contribution in [0.2, 0.25) is 5.02 Å². The maximum atomic E-state index is 12.7. The van der Waals surface area contributed by atoms with E-state index in [-0.39, 0.29) is 28.8 Å². The summed E-state index contributed by atoms with van der Waals surface area (Å²) in [5, 5.41) is 2.99. The second-order valence-electron chi connectivity index (χ2n) is 6.33. The van der Waals surface area contributed by atoms with Crippen LogP contribution >= 0.6 is 11.6 Å². The third-order valence-corrected chi connectivity index (χ3v) is 4.83. The molecular formula is C21H19ClN2O4. The van der Waals surface area contributed by atoms with Gasteiger partial charge in [0.15, 0.2) is 0 Å². The highest BCUT2D eigenvalue weighted by Crippen LogP contribution is 2.33. The number of halogens is 1. The molecule has 144 valence electrons. The molecule has 7 heteroatoms. The van der Waals surface area contributed by atoms with Gasteiger partial charge < -0.3 is 15.0 Å². The molecule has 0 bridgehead atoms. The lowest BCUT2D eigenvalue weighted by Crippen LogP contribution is -2.33. The Morgan fingerprint density at radius 3 is 2.64 bits per heavy atom. The molecule has 1 atom stereocenters. The molecule has 0 saturated carbocycles. The van der Waals surface area contributed by atoms with E-state index < -0.39 is 12.0 Å². The summed E-state index contributed by atoms with van der Waals surface area (Å²) in [6.07, 6.45) is 3.62. The molecule has 0 radical (unpaired) electrons. The van der Waals surface area contributed by atoms with Crippen LogP contribution in [0, 0.1) is 0 Å². The summed E-state index contributed by atoms with van der Waals surface area (Å²) in [5.41, 5.74) is 2.46. The third-order valence-electron chi connectivity index (χ3n) is 4.50. The molecule has 2 aromatic rings. The SMILES string of the molecule is COC(=O)c1cc(NC(=O)CC2c3ccccc3C=CN2C(C)=O)ccc1Cl. The highest BCUT2D eigenvalue weighted by atomic mass is 35.5. The summed E-state index contributed by atoms with van der Waals surface area (Å²) in [6.45, 7) is 1.46. The number of rotatable bonds is 4. The Morgan fingerprint density at radius 1 is 1.18 bits per heavy atom. The Labute approximate surface area is 167 Å². The molecule has 28 heavy (non-hydrogen) atoms. The minimum absolute atomic E-state index is 0.0666. The summed E-state index contributed by atoms with van der Waals surface area (Å²) < 4.78 is 4.69. The van der Waals surface area contributed by atoms with Gasteiger partial charge in [-0.2, -0.15) is 0 Å². The molecule has 1 aliphatic rings. The fourth-order valence-electron chi connectivity index (χ4n) is 3.17. The zero-order valence-corrected chi connectivity index (χ0v) is 16.2. The lowest BCUT2D eigenvalue weighted by atomic mass is 9.93. The van der Waals surface area contributed by atoms with E-state index in [0.717, 1.165) is 11.1 Å². The van der Waals surface area contributed by atoms with Crippen LogP contribution in [0.3, 0.4) is 0 Å². The van der Waals surface area contributed by atoms with Gasteiger partial charge in [0.2, 0.25) is 11.8 Å². The van der Waals surface area contributed by atoms with Gasteiger partial charge in [0, 0.05) is 18.8 Å². The molecule has 0 fully saturated rings. The van der Waals surface area contributed by atoms with Crippen molar-refractivity contribution in [1.29, 1.82) is 0 Å². The van der Waals surface area contributed by atoms with Gasteiger partial charge in [0.25, 0.3) is 0 Å². The number of esters is 1. The molecular weight excluding hydrogens is 380 g/mol. The van der Waals surface area contributed by atoms with E-state index in [1.807, 2.05) is 30.3 Å². The normalized spacial score (nSPS) is 15.0. The first-order valence-corrected chi connectivity index (χ1v) is 9.02. The van der Waals surface area contributed by atoms with Gasteiger partial charge in [-0.05, 0) is 35.4 Å². The van der Waals surface area contributed by atoms with Crippen LogP contribution < -0.4 is 5.32 Å². The van der Waals surface area contributed by atoms with Crippen LogP contribution in [0.4, 0.5) is 5.69 Å². The number of nitrogens with one attached hydrogen (secondary N) is 1. The van der Waals surface area contributed by atoms with Crippen molar-refractivity contribution in [1.82, 2.24) is 4.90 Å². The number of hydrogen-bond donors (Lipinski definition) is 1. The van der Waals surface area contributed by atoms with Gasteiger partial charge in [0.05, 0.1) is 30.2 Å². The molecule has 2 aromatic carbocycles. The van der Waals surface area contributed by atoms with Crippen molar-refractivity contribution in [3.05, 3.63) is 70.4 Å². The first kappa shape index (κ1) is 19.6. The van der Waals surface area contributed by atoms with Gasteiger partial charge in [-0.3, -0.25) is 9.59 Å². The highest BCUT2D eigenvalue weighted by molar-refractivity contribution is 6.33. The van der Waals surface area contributed by atoms with Crippen molar-refractivity contribution < 1.29 is 19.1 Å². The smallest absolute Gasteiger partial charge is 0.339 e. The first-order chi connectivity index (χ1) is 13.4. The number of ether oxygens (including phenoxy) is 1. The van der Waals surface area contributed by atoms with E-state index in [4.69, 9.17) is 16.3 Å². The average Bonchev–Trinajstić information content (AvgIpc) is 2.68. The Bertz CT molecular complexity index is 971. The average molecular weight is 399 g/mol. The van der Waals surface area contributed by atoms with Gasteiger partial charge in [-0.1, -0.05) is 35.9 Å². The van der Waals surface area contributed by atoms with Crippen molar-refractivity contribution in [3.63, 3.8) is 0 Å². The molecule has 1 aliphatic heterocycles. The van der Waals surface area contributed by atoms with E-state index in [1.165, 1.54) is 26.2 Å². The summed E-state index contributed by atoms with van der Waals surface area (Å²) in [4.78, 5) is 38.0. The van der Waals surface area contributed by atoms with Crippen LogP contribution in [-0.4, -0.2) is 29.8 Å². The monoisotopic (exact) mass is 398 g/mol. The van der Waals surface area contributed by atoms with E-state index in [2.05, 4.69) is 5.32 Å². The Balaban J connectivity index is 1.81. The number of nitrogens with zero attached hydrogens (tertiary/aromatic N) is 1. The van der Waals surface area contributed by atoms with Crippen LogP contribution in [0.25, 0.3) is 6.08 Å². The quantitative estimate of drug-likeness (QED) is 0.789. The summed E-state index contributed by atoms with van der Waals surface area (Å²) in [5.74, 6) is -1.03. The molecule has 1 N–H and O–H groups in total. The number of carbonyl (C=O) groups excluding carboxylic acids is 3. The number of fused-ring (bicyclic) bond motifs is 1. The maximum absolute atomic E-state index is 12.7. The Kier molecular flexibility index (Phi) is 5.80. The van der Waals surface area contributed by atoms with E-state index in [1.54, 1.807) is 17.2 Å². The lowest BCUT2D eigenvalue weighted by molar-refractivity contribution is -0.129. The summed E-state index contributed by atoms with van der Waals surface area (Å²) in [6, 6.07) is 11.8. The number of hydrogen-bond acceptors (Lipinski definition) is 4. The second-order valence-corrected chi connectivity index (χ2v) is 6.73. The number of anilines is 1. The zero-order chi connectivity index (χ0) is 20.3. The molecule has 0 aromatic heterocycles. The molecule has 1 heterocycles. The van der Waals surface area contributed by atoms with E-state index >= 15 is 0 Å². The van der Waals surface area contributed by atoms with Gasteiger partial charge in [0.1, 0.15) is 0 Å². The minimum atomic E-state index is -0.588. The lowest BCUT2D eigenvalue weighted by Gasteiger charge is -2.32. The van der Waals surface area contributed by atoms with Crippen molar-refractivity contribution >= 4 is 41.1 Å². The first-order valence-electron chi connectivity index (χ1n) is 8.64. The molecule has 0 aliphatic carbocycles. The molecule has 6 nitrogen and oxygen atoms in total. The van der Waals surface area contributed by atoms with Crippen LogP contribution in [0.15, 0.2) is 48.7 Å². The topological polar surface area (TPSA) is 75.7 Å². The zero-order valence-electron chi connectivity index (χ0n) is 15.4. The number of carbonyl (C=O) groups is 3. The molecule has 1 unspecified atom stereocenters. The van der Waals surface area contributed by atoms with Crippen LogP contribution in [0.5, 0.6) is 0 Å². The van der Waals surface area contributed by atoms with Crippen molar-refractivity contribution in [2.45, 2.75) is 19.4 Å². The molecule has 3 rings (SSSR count).